The van der Waals surface area contributed by atoms with E-state index >= 15 is 0 Å². The molecule has 0 saturated heterocycles. The lowest BCUT2D eigenvalue weighted by molar-refractivity contribution is 0.102. The molecule has 0 aliphatic carbocycles. The van der Waals surface area contributed by atoms with Crippen LogP contribution in [0.3, 0.4) is 0 Å². The van der Waals surface area contributed by atoms with E-state index in [9.17, 15) is 9.18 Å². The van der Waals surface area contributed by atoms with Gasteiger partial charge in [-0.3, -0.25) is 4.79 Å². The third kappa shape index (κ3) is 3.29. The number of amides is 1. The highest BCUT2D eigenvalue weighted by Crippen LogP contribution is 2.28. The minimum absolute atomic E-state index is 0.310. The minimum Gasteiger partial charge on any atom is -0.497 e. The van der Waals surface area contributed by atoms with E-state index in [0.717, 1.165) is 0 Å². The first-order chi connectivity index (χ1) is 9.51. The molecule has 0 heterocycles. The van der Waals surface area contributed by atoms with E-state index in [4.69, 9.17) is 16.3 Å². The van der Waals surface area contributed by atoms with Crippen molar-refractivity contribution in [3.05, 3.63) is 57.3 Å². The monoisotopic (exact) mass is 357 g/mol. The van der Waals surface area contributed by atoms with Crippen molar-refractivity contribution in [2.75, 3.05) is 12.4 Å². The molecule has 0 spiro atoms. The van der Waals surface area contributed by atoms with Crippen molar-refractivity contribution in [3.8, 4) is 5.75 Å². The third-order valence-corrected chi connectivity index (χ3v) is 3.58. The van der Waals surface area contributed by atoms with Gasteiger partial charge in [-0.15, -0.1) is 0 Å². The Morgan fingerprint density at radius 2 is 2.05 bits per heavy atom. The zero-order valence-corrected chi connectivity index (χ0v) is 12.8. The Bertz CT molecular complexity index is 664. The Hall–Kier alpha value is -1.59. The number of anilines is 1. The van der Waals surface area contributed by atoms with Gasteiger partial charge in [-0.25, -0.2) is 4.39 Å². The number of hydrogen-bond donors (Lipinski definition) is 1. The van der Waals surface area contributed by atoms with E-state index in [0.29, 0.717) is 26.5 Å². The molecule has 6 heteroatoms. The van der Waals surface area contributed by atoms with Gasteiger partial charge in [0.25, 0.3) is 5.91 Å². The Kier molecular flexibility index (Phi) is 4.62. The summed E-state index contributed by atoms with van der Waals surface area (Å²) in [6.45, 7) is 0. The second kappa shape index (κ2) is 6.24. The molecular formula is C14H10BrClFNO2. The van der Waals surface area contributed by atoms with Gasteiger partial charge in [-0.05, 0) is 46.3 Å². The summed E-state index contributed by atoms with van der Waals surface area (Å²) in [5, 5.41) is 3.04. The number of rotatable bonds is 3. The van der Waals surface area contributed by atoms with Crippen molar-refractivity contribution in [3.63, 3.8) is 0 Å². The van der Waals surface area contributed by atoms with Crippen LogP contribution in [-0.4, -0.2) is 13.0 Å². The van der Waals surface area contributed by atoms with E-state index in [1.165, 1.54) is 25.3 Å². The maximum absolute atomic E-state index is 13.0. The fourth-order valence-electron chi connectivity index (χ4n) is 1.59. The molecule has 2 aromatic carbocycles. The quantitative estimate of drug-likeness (QED) is 0.877. The van der Waals surface area contributed by atoms with Crippen molar-refractivity contribution in [2.45, 2.75) is 0 Å². The fraction of sp³-hybridized carbons (Fsp3) is 0.0714. The zero-order valence-electron chi connectivity index (χ0n) is 10.4. The number of hydrogen-bond acceptors (Lipinski definition) is 2. The Labute approximate surface area is 128 Å². The molecule has 2 aromatic rings. The summed E-state index contributed by atoms with van der Waals surface area (Å²) in [5.41, 5.74) is 0.734. The molecule has 0 bridgehead atoms. The molecule has 0 aliphatic heterocycles. The van der Waals surface area contributed by atoms with Crippen LogP contribution in [0.25, 0.3) is 0 Å². The summed E-state index contributed by atoms with van der Waals surface area (Å²) in [7, 11) is 1.52. The first kappa shape index (κ1) is 14.8. The van der Waals surface area contributed by atoms with Crippen LogP contribution >= 0.6 is 27.5 Å². The SMILES string of the molecule is COc1ccc(Cl)c(NC(=O)c2ccc(F)cc2Br)c1. The Morgan fingerprint density at radius 1 is 1.30 bits per heavy atom. The number of benzene rings is 2. The van der Waals surface area contributed by atoms with E-state index in [1.807, 2.05) is 0 Å². The average molecular weight is 359 g/mol. The number of halogens is 3. The zero-order chi connectivity index (χ0) is 14.7. The van der Waals surface area contributed by atoms with E-state index < -0.39 is 11.7 Å². The molecule has 0 aliphatic rings. The number of ether oxygens (including phenoxy) is 1. The van der Waals surface area contributed by atoms with Crippen LogP contribution in [0, 0.1) is 5.82 Å². The lowest BCUT2D eigenvalue weighted by Crippen LogP contribution is -2.13. The molecule has 1 N–H and O–H groups in total. The summed E-state index contributed by atoms with van der Waals surface area (Å²) in [5.74, 6) is -0.247. The van der Waals surface area contributed by atoms with Gasteiger partial charge in [-0.2, -0.15) is 0 Å². The molecule has 0 unspecified atom stereocenters. The lowest BCUT2D eigenvalue weighted by atomic mass is 10.2. The minimum atomic E-state index is -0.423. The summed E-state index contributed by atoms with van der Waals surface area (Å²) >= 11 is 9.16. The van der Waals surface area contributed by atoms with E-state index in [1.54, 1.807) is 18.2 Å². The number of nitrogens with one attached hydrogen (secondary N) is 1. The van der Waals surface area contributed by atoms with E-state index in [2.05, 4.69) is 21.2 Å². The molecule has 1 amide bonds. The van der Waals surface area contributed by atoms with Gasteiger partial charge in [0.05, 0.1) is 23.4 Å². The molecule has 0 radical (unpaired) electrons. The number of methoxy groups -OCH3 is 1. The molecule has 2 rings (SSSR count). The Balaban J connectivity index is 2.27. The molecule has 3 nitrogen and oxygen atoms in total. The average Bonchev–Trinajstić information content (AvgIpc) is 2.41. The number of carbonyl (C=O) groups is 1. The molecular weight excluding hydrogens is 349 g/mol. The predicted octanol–water partition coefficient (Wildman–Crippen LogP) is 4.50. The normalized spacial score (nSPS) is 10.2. The topological polar surface area (TPSA) is 38.3 Å². The van der Waals surface area contributed by atoms with Crippen LogP contribution in [0.1, 0.15) is 10.4 Å². The van der Waals surface area contributed by atoms with Crippen LogP contribution in [0.4, 0.5) is 10.1 Å². The highest BCUT2D eigenvalue weighted by atomic mass is 79.9. The predicted molar refractivity (Wildman–Crippen MR) is 80.1 cm³/mol. The molecule has 0 atom stereocenters. The highest BCUT2D eigenvalue weighted by molar-refractivity contribution is 9.10. The molecule has 104 valence electrons. The smallest absolute Gasteiger partial charge is 0.256 e. The van der Waals surface area contributed by atoms with Gasteiger partial charge >= 0.3 is 0 Å². The summed E-state index contributed by atoms with van der Waals surface area (Å²) in [4.78, 5) is 12.1. The fourth-order valence-corrected chi connectivity index (χ4v) is 2.29. The van der Waals surface area contributed by atoms with Gasteiger partial charge in [0.2, 0.25) is 0 Å². The van der Waals surface area contributed by atoms with Crippen molar-refractivity contribution in [2.24, 2.45) is 0 Å². The van der Waals surface area contributed by atoms with Crippen LogP contribution < -0.4 is 10.1 Å². The lowest BCUT2D eigenvalue weighted by Gasteiger charge is -2.10. The summed E-state index contributed by atoms with van der Waals surface area (Å²) in [6.07, 6.45) is 0. The summed E-state index contributed by atoms with van der Waals surface area (Å²) in [6, 6.07) is 8.75. The van der Waals surface area contributed by atoms with Crippen molar-refractivity contribution >= 4 is 39.1 Å². The van der Waals surface area contributed by atoms with Crippen LogP contribution in [-0.2, 0) is 0 Å². The first-order valence-electron chi connectivity index (χ1n) is 5.61. The van der Waals surface area contributed by atoms with E-state index in [-0.39, 0.29) is 0 Å². The maximum Gasteiger partial charge on any atom is 0.256 e. The molecule has 20 heavy (non-hydrogen) atoms. The van der Waals surface area contributed by atoms with Gasteiger partial charge < -0.3 is 10.1 Å². The van der Waals surface area contributed by atoms with Gasteiger partial charge in [0.15, 0.2) is 0 Å². The van der Waals surface area contributed by atoms with Crippen LogP contribution in [0.15, 0.2) is 40.9 Å². The second-order valence-electron chi connectivity index (χ2n) is 3.92. The summed E-state index contributed by atoms with van der Waals surface area (Å²) < 4.78 is 18.4. The van der Waals surface area contributed by atoms with Gasteiger partial charge in [0.1, 0.15) is 11.6 Å². The Morgan fingerprint density at radius 3 is 2.70 bits per heavy atom. The number of carbonyl (C=O) groups excluding carboxylic acids is 1. The van der Waals surface area contributed by atoms with Crippen molar-refractivity contribution in [1.29, 1.82) is 0 Å². The first-order valence-corrected chi connectivity index (χ1v) is 6.78. The van der Waals surface area contributed by atoms with Crippen LogP contribution in [0.5, 0.6) is 5.75 Å². The van der Waals surface area contributed by atoms with Crippen LogP contribution in [0.2, 0.25) is 5.02 Å². The van der Waals surface area contributed by atoms with Crippen molar-refractivity contribution < 1.29 is 13.9 Å². The van der Waals surface area contributed by atoms with Crippen molar-refractivity contribution in [1.82, 2.24) is 0 Å². The van der Waals surface area contributed by atoms with Gasteiger partial charge in [0, 0.05) is 10.5 Å². The third-order valence-electron chi connectivity index (χ3n) is 2.60. The molecule has 0 aromatic heterocycles. The highest BCUT2D eigenvalue weighted by Gasteiger charge is 2.13. The standard InChI is InChI=1S/C14H10BrClFNO2/c1-20-9-3-5-12(16)13(7-9)18-14(19)10-4-2-8(17)6-11(10)15/h2-7H,1H3,(H,18,19). The van der Waals surface area contributed by atoms with Gasteiger partial charge in [-0.1, -0.05) is 11.6 Å². The molecule has 0 fully saturated rings. The maximum atomic E-state index is 13.0. The molecule has 0 saturated carbocycles. The largest absolute Gasteiger partial charge is 0.497 e. The second-order valence-corrected chi connectivity index (χ2v) is 5.19.